The van der Waals surface area contributed by atoms with Crippen molar-refractivity contribution in [3.05, 3.63) is 0 Å². The number of nitrogens with zero attached hydrogens (tertiary/aromatic N) is 1. The Morgan fingerprint density at radius 1 is 1.41 bits per heavy atom. The largest absolute Gasteiger partial charge is 0.381 e. The second-order valence-electron chi connectivity index (χ2n) is 6.02. The number of hydrogen-bond acceptors (Lipinski definition) is 5. The SMILES string of the molecule is CC(C)N1C(=O)CC(NC(=O)C2(CN)CCOCC2)C1=O.Cl. The second-order valence-corrected chi connectivity index (χ2v) is 6.02. The van der Waals surface area contributed by atoms with E-state index in [1.54, 1.807) is 13.8 Å². The molecule has 2 rings (SSSR count). The van der Waals surface area contributed by atoms with Crippen LogP contribution in [0.1, 0.15) is 33.1 Å². The summed E-state index contributed by atoms with van der Waals surface area (Å²) in [5, 5.41) is 2.72. The Labute approximate surface area is 136 Å². The van der Waals surface area contributed by atoms with Crippen LogP contribution in [-0.4, -0.2) is 54.5 Å². The molecule has 0 aliphatic carbocycles. The highest BCUT2D eigenvalue weighted by molar-refractivity contribution is 6.07. The maximum atomic E-state index is 12.5. The van der Waals surface area contributed by atoms with Crippen LogP contribution in [0.25, 0.3) is 0 Å². The molecule has 7 nitrogen and oxygen atoms in total. The van der Waals surface area contributed by atoms with Crippen molar-refractivity contribution in [3.63, 3.8) is 0 Å². The molecule has 1 atom stereocenters. The van der Waals surface area contributed by atoms with E-state index in [1.165, 1.54) is 4.90 Å². The lowest BCUT2D eigenvalue weighted by atomic mass is 9.79. The molecular formula is C14H24ClN3O4. The number of nitrogens with one attached hydrogen (secondary N) is 1. The number of nitrogens with two attached hydrogens (primary N) is 1. The fourth-order valence-corrected chi connectivity index (χ4v) is 2.90. The number of halogens is 1. The highest BCUT2D eigenvalue weighted by atomic mass is 35.5. The van der Waals surface area contributed by atoms with Crippen molar-refractivity contribution in [2.75, 3.05) is 19.8 Å². The number of likely N-dealkylation sites (tertiary alicyclic amines) is 1. The highest BCUT2D eigenvalue weighted by Crippen LogP contribution is 2.30. The van der Waals surface area contributed by atoms with Gasteiger partial charge in [0.2, 0.25) is 11.8 Å². The van der Waals surface area contributed by atoms with Crippen LogP contribution in [0.2, 0.25) is 0 Å². The van der Waals surface area contributed by atoms with Gasteiger partial charge in [-0.2, -0.15) is 0 Å². The first-order valence-electron chi connectivity index (χ1n) is 7.36. The van der Waals surface area contributed by atoms with Crippen LogP contribution >= 0.6 is 12.4 Å². The Morgan fingerprint density at radius 2 is 2.00 bits per heavy atom. The smallest absolute Gasteiger partial charge is 0.252 e. The molecule has 1 unspecified atom stereocenters. The zero-order valence-corrected chi connectivity index (χ0v) is 13.8. The number of hydrogen-bond donors (Lipinski definition) is 2. The summed E-state index contributed by atoms with van der Waals surface area (Å²) < 4.78 is 5.27. The topological polar surface area (TPSA) is 102 Å². The first-order chi connectivity index (χ1) is 9.91. The van der Waals surface area contributed by atoms with Gasteiger partial charge in [-0.3, -0.25) is 19.3 Å². The van der Waals surface area contributed by atoms with Gasteiger partial charge in [-0.05, 0) is 26.7 Å². The van der Waals surface area contributed by atoms with Gasteiger partial charge >= 0.3 is 0 Å². The van der Waals surface area contributed by atoms with Crippen LogP contribution in [-0.2, 0) is 19.1 Å². The Kier molecular flexibility index (Phi) is 6.34. The average Bonchev–Trinajstić information content (AvgIpc) is 2.74. The van der Waals surface area contributed by atoms with Crippen LogP contribution in [0, 0.1) is 5.41 Å². The third-order valence-electron chi connectivity index (χ3n) is 4.33. The lowest BCUT2D eigenvalue weighted by Crippen LogP contribution is -2.53. The summed E-state index contributed by atoms with van der Waals surface area (Å²) in [5.41, 5.74) is 5.08. The molecule has 8 heteroatoms. The molecule has 0 saturated carbocycles. The number of imide groups is 1. The quantitative estimate of drug-likeness (QED) is 0.695. The molecule has 3 amide bonds. The molecular weight excluding hydrogens is 310 g/mol. The normalized spacial score (nSPS) is 24.4. The van der Waals surface area contributed by atoms with Crippen molar-refractivity contribution >= 4 is 30.1 Å². The summed E-state index contributed by atoms with van der Waals surface area (Å²) in [6, 6.07) is -0.961. The molecule has 2 aliphatic rings. The molecule has 0 aromatic rings. The number of amides is 3. The van der Waals surface area contributed by atoms with E-state index in [4.69, 9.17) is 10.5 Å². The van der Waals surface area contributed by atoms with Crippen LogP contribution in [0.4, 0.5) is 0 Å². The lowest BCUT2D eigenvalue weighted by Gasteiger charge is -2.35. The van der Waals surface area contributed by atoms with Crippen molar-refractivity contribution in [2.24, 2.45) is 11.1 Å². The summed E-state index contributed by atoms with van der Waals surface area (Å²) in [7, 11) is 0. The molecule has 0 aromatic carbocycles. The molecule has 0 radical (unpaired) electrons. The standard InChI is InChI=1S/C14H23N3O4.ClH/c1-9(2)17-11(18)7-10(12(17)19)16-13(20)14(8-15)3-5-21-6-4-14;/h9-10H,3-8,15H2,1-2H3,(H,16,20);1H. The minimum Gasteiger partial charge on any atom is -0.381 e. The van der Waals surface area contributed by atoms with Crippen LogP contribution in [0.5, 0.6) is 0 Å². The summed E-state index contributed by atoms with van der Waals surface area (Å²) in [5.74, 6) is -0.818. The summed E-state index contributed by atoms with van der Waals surface area (Å²) in [6.07, 6.45) is 1.11. The van der Waals surface area contributed by atoms with E-state index in [9.17, 15) is 14.4 Å². The fraction of sp³-hybridized carbons (Fsp3) is 0.786. The van der Waals surface area contributed by atoms with Crippen molar-refractivity contribution in [1.82, 2.24) is 10.2 Å². The van der Waals surface area contributed by atoms with Crippen molar-refractivity contribution in [2.45, 2.75) is 45.2 Å². The average molecular weight is 334 g/mol. The Hall–Kier alpha value is -1.18. The zero-order valence-electron chi connectivity index (χ0n) is 13.0. The van der Waals surface area contributed by atoms with Crippen molar-refractivity contribution in [1.29, 1.82) is 0 Å². The molecule has 2 aliphatic heterocycles. The first kappa shape index (κ1) is 18.9. The predicted octanol–water partition coefficient (Wildman–Crippen LogP) is -0.184. The van der Waals surface area contributed by atoms with Crippen molar-refractivity contribution in [3.8, 4) is 0 Å². The van der Waals surface area contributed by atoms with Crippen molar-refractivity contribution < 1.29 is 19.1 Å². The maximum absolute atomic E-state index is 12.5. The first-order valence-corrected chi connectivity index (χ1v) is 7.36. The van der Waals surface area contributed by atoms with E-state index in [2.05, 4.69) is 5.32 Å². The van der Waals surface area contributed by atoms with Gasteiger partial charge in [0, 0.05) is 25.8 Å². The van der Waals surface area contributed by atoms with Gasteiger partial charge in [0.05, 0.1) is 11.8 Å². The molecule has 2 fully saturated rings. The molecule has 126 valence electrons. The minimum atomic E-state index is -0.765. The van der Waals surface area contributed by atoms with Crippen LogP contribution in [0.15, 0.2) is 0 Å². The van der Waals surface area contributed by atoms with E-state index in [-0.39, 0.29) is 49.1 Å². The monoisotopic (exact) mass is 333 g/mol. The molecule has 3 N–H and O–H groups in total. The van der Waals surface area contributed by atoms with E-state index < -0.39 is 11.5 Å². The third-order valence-corrected chi connectivity index (χ3v) is 4.33. The predicted molar refractivity (Wildman–Crippen MR) is 82.3 cm³/mol. The lowest BCUT2D eigenvalue weighted by molar-refractivity contribution is -0.143. The Bertz CT molecular complexity index is 449. The van der Waals surface area contributed by atoms with Gasteiger partial charge in [-0.15, -0.1) is 12.4 Å². The second kappa shape index (κ2) is 7.39. The molecule has 2 heterocycles. The third kappa shape index (κ3) is 3.42. The van der Waals surface area contributed by atoms with E-state index >= 15 is 0 Å². The maximum Gasteiger partial charge on any atom is 0.252 e. The molecule has 0 bridgehead atoms. The van der Waals surface area contributed by atoms with E-state index in [1.807, 2.05) is 0 Å². The van der Waals surface area contributed by atoms with Gasteiger partial charge in [0.25, 0.3) is 5.91 Å². The molecule has 0 aromatic heterocycles. The van der Waals surface area contributed by atoms with Gasteiger partial charge in [-0.1, -0.05) is 0 Å². The van der Waals surface area contributed by atoms with E-state index in [0.717, 1.165) is 0 Å². The van der Waals surface area contributed by atoms with E-state index in [0.29, 0.717) is 26.1 Å². The van der Waals surface area contributed by atoms with Gasteiger partial charge in [-0.25, -0.2) is 0 Å². The Morgan fingerprint density at radius 3 is 2.45 bits per heavy atom. The minimum absolute atomic E-state index is 0. The summed E-state index contributed by atoms with van der Waals surface area (Å²) >= 11 is 0. The molecule has 22 heavy (non-hydrogen) atoms. The molecule has 2 saturated heterocycles. The summed E-state index contributed by atoms with van der Waals surface area (Å²) in [4.78, 5) is 37.8. The number of ether oxygens (including phenoxy) is 1. The molecule has 0 spiro atoms. The Balaban J connectivity index is 0.00000242. The number of carbonyl (C=O) groups is 3. The number of carbonyl (C=O) groups excluding carboxylic acids is 3. The zero-order chi connectivity index (χ0) is 15.6. The highest BCUT2D eigenvalue weighted by Gasteiger charge is 2.45. The summed E-state index contributed by atoms with van der Waals surface area (Å²) in [6.45, 7) is 4.74. The van der Waals surface area contributed by atoms with Gasteiger partial charge in [0.15, 0.2) is 0 Å². The van der Waals surface area contributed by atoms with Gasteiger partial charge in [0.1, 0.15) is 6.04 Å². The van der Waals surface area contributed by atoms with Crippen LogP contribution in [0.3, 0.4) is 0 Å². The fourth-order valence-electron chi connectivity index (χ4n) is 2.90. The van der Waals surface area contributed by atoms with Gasteiger partial charge < -0.3 is 15.8 Å². The number of rotatable bonds is 4. The van der Waals surface area contributed by atoms with Crippen LogP contribution < -0.4 is 11.1 Å².